The van der Waals surface area contributed by atoms with Crippen LogP contribution in [0.3, 0.4) is 0 Å². The van der Waals surface area contributed by atoms with Gasteiger partial charge in [0.15, 0.2) is 0 Å². The number of benzene rings is 3. The molecular formula is C22H18N2O. The summed E-state index contributed by atoms with van der Waals surface area (Å²) in [6.45, 7) is 2.04. The normalized spacial score (nSPS) is 10.8. The third-order valence-corrected chi connectivity index (χ3v) is 4.34. The largest absolute Gasteiger partial charge is 0.506 e. The summed E-state index contributed by atoms with van der Waals surface area (Å²) in [5, 5.41) is 15.1. The van der Waals surface area contributed by atoms with Crippen LogP contribution in [0.25, 0.3) is 28.1 Å². The van der Waals surface area contributed by atoms with E-state index in [0.29, 0.717) is 5.69 Å². The fourth-order valence-electron chi connectivity index (χ4n) is 3.13. The van der Waals surface area contributed by atoms with Gasteiger partial charge < -0.3 is 5.11 Å². The Morgan fingerprint density at radius 2 is 1.28 bits per heavy atom. The zero-order valence-electron chi connectivity index (χ0n) is 13.9. The van der Waals surface area contributed by atoms with Crippen LogP contribution in [0.5, 0.6) is 5.75 Å². The van der Waals surface area contributed by atoms with E-state index in [2.05, 4.69) is 24.3 Å². The molecule has 0 bridgehead atoms. The Morgan fingerprint density at radius 3 is 1.92 bits per heavy atom. The molecule has 122 valence electrons. The fraction of sp³-hybridized carbons (Fsp3) is 0.0455. The van der Waals surface area contributed by atoms with Gasteiger partial charge in [-0.05, 0) is 24.6 Å². The molecular weight excluding hydrogens is 308 g/mol. The van der Waals surface area contributed by atoms with E-state index in [4.69, 9.17) is 5.10 Å². The van der Waals surface area contributed by atoms with Gasteiger partial charge in [-0.2, -0.15) is 5.10 Å². The van der Waals surface area contributed by atoms with E-state index in [9.17, 15) is 5.11 Å². The Kier molecular flexibility index (Phi) is 3.82. The smallest absolute Gasteiger partial charge is 0.141 e. The third kappa shape index (κ3) is 2.70. The molecule has 1 aromatic heterocycles. The second-order valence-corrected chi connectivity index (χ2v) is 5.94. The Balaban J connectivity index is 2.01. The van der Waals surface area contributed by atoms with E-state index < -0.39 is 0 Å². The lowest BCUT2D eigenvalue weighted by Gasteiger charge is -2.07. The van der Waals surface area contributed by atoms with Crippen LogP contribution in [-0.2, 0) is 0 Å². The Hall–Kier alpha value is -3.33. The van der Waals surface area contributed by atoms with Crippen LogP contribution in [0.1, 0.15) is 5.69 Å². The zero-order chi connectivity index (χ0) is 17.2. The molecule has 4 rings (SSSR count). The molecule has 0 aliphatic rings. The predicted molar refractivity (Wildman–Crippen MR) is 101 cm³/mol. The molecule has 1 N–H and O–H groups in total. The van der Waals surface area contributed by atoms with Gasteiger partial charge in [0.1, 0.15) is 17.1 Å². The van der Waals surface area contributed by atoms with Gasteiger partial charge in [0.05, 0.1) is 0 Å². The van der Waals surface area contributed by atoms with Gasteiger partial charge in [0, 0.05) is 16.8 Å². The molecule has 0 radical (unpaired) electrons. The van der Waals surface area contributed by atoms with Crippen molar-refractivity contribution in [2.45, 2.75) is 6.92 Å². The van der Waals surface area contributed by atoms with Gasteiger partial charge in [0.25, 0.3) is 0 Å². The maximum atomic E-state index is 10.3. The highest BCUT2D eigenvalue weighted by Gasteiger charge is 2.19. The number of para-hydroxylation sites is 2. The molecule has 25 heavy (non-hydrogen) atoms. The predicted octanol–water partition coefficient (Wildman–Crippen LogP) is 5.22. The number of aromatic nitrogens is 2. The number of hydrogen-bond acceptors (Lipinski definition) is 2. The molecule has 0 spiro atoms. The van der Waals surface area contributed by atoms with E-state index >= 15 is 0 Å². The lowest BCUT2D eigenvalue weighted by atomic mass is 9.99. The highest BCUT2D eigenvalue weighted by molar-refractivity contribution is 5.83. The molecule has 1 heterocycles. The monoisotopic (exact) mass is 326 g/mol. The van der Waals surface area contributed by atoms with E-state index in [1.807, 2.05) is 66.2 Å². The van der Waals surface area contributed by atoms with Crippen molar-refractivity contribution in [3.8, 4) is 33.8 Å². The first-order valence-corrected chi connectivity index (χ1v) is 8.24. The number of phenolic OH excluding ortho intramolecular Hbond substituents is 1. The lowest BCUT2D eigenvalue weighted by molar-refractivity contribution is 0.470. The van der Waals surface area contributed by atoms with E-state index in [1.54, 1.807) is 6.07 Å². The molecule has 0 unspecified atom stereocenters. The van der Waals surface area contributed by atoms with Crippen LogP contribution in [0.15, 0.2) is 84.9 Å². The first-order chi connectivity index (χ1) is 12.3. The molecule has 0 amide bonds. The fourth-order valence-corrected chi connectivity index (χ4v) is 3.13. The zero-order valence-corrected chi connectivity index (χ0v) is 13.9. The summed E-state index contributed by atoms with van der Waals surface area (Å²) in [4.78, 5) is 0. The molecule has 0 saturated carbocycles. The lowest BCUT2D eigenvalue weighted by Crippen LogP contribution is -1.99. The number of hydrogen-bond donors (Lipinski definition) is 1. The molecule has 3 aromatic carbocycles. The first kappa shape index (κ1) is 15.2. The van der Waals surface area contributed by atoms with Crippen LogP contribution in [0, 0.1) is 6.92 Å². The molecule has 0 aliphatic carbocycles. The molecule has 0 aliphatic heterocycles. The Morgan fingerprint density at radius 1 is 0.720 bits per heavy atom. The van der Waals surface area contributed by atoms with Crippen molar-refractivity contribution in [3.05, 3.63) is 90.6 Å². The summed E-state index contributed by atoms with van der Waals surface area (Å²) in [5.41, 5.74) is 5.83. The minimum absolute atomic E-state index is 0.215. The van der Waals surface area contributed by atoms with Crippen molar-refractivity contribution in [2.75, 3.05) is 0 Å². The highest BCUT2D eigenvalue weighted by Crippen LogP contribution is 2.36. The summed E-state index contributed by atoms with van der Waals surface area (Å²) in [6, 6.07) is 27.7. The number of rotatable bonds is 3. The molecule has 0 saturated heterocycles. The van der Waals surface area contributed by atoms with Crippen molar-refractivity contribution in [3.63, 3.8) is 0 Å². The Bertz CT molecular complexity index is 1000. The van der Waals surface area contributed by atoms with Gasteiger partial charge in [-0.1, -0.05) is 72.8 Å². The molecule has 3 nitrogen and oxygen atoms in total. The van der Waals surface area contributed by atoms with Crippen molar-refractivity contribution in [2.24, 2.45) is 0 Å². The molecule has 0 atom stereocenters. The molecule has 3 heteroatoms. The number of phenols is 1. The van der Waals surface area contributed by atoms with E-state index in [0.717, 1.165) is 28.1 Å². The second kappa shape index (κ2) is 6.29. The van der Waals surface area contributed by atoms with Crippen molar-refractivity contribution in [1.29, 1.82) is 0 Å². The number of nitrogens with zero attached hydrogens (tertiary/aromatic N) is 2. The summed E-state index contributed by atoms with van der Waals surface area (Å²) in [5.74, 6) is 0.215. The van der Waals surface area contributed by atoms with E-state index in [-0.39, 0.29) is 5.75 Å². The molecule has 0 fully saturated rings. The Labute approximate surface area is 146 Å². The van der Waals surface area contributed by atoms with Crippen molar-refractivity contribution >= 4 is 0 Å². The maximum absolute atomic E-state index is 10.3. The van der Waals surface area contributed by atoms with E-state index in [1.165, 1.54) is 0 Å². The van der Waals surface area contributed by atoms with Crippen LogP contribution >= 0.6 is 0 Å². The number of aromatic hydroxyl groups is 1. The standard InChI is InChI=1S/C22H18N2O/c1-16-21(17-10-4-2-5-11-17)22(18-12-6-3-7-13-18)23-24(16)19-14-8-9-15-20(19)25/h2-15,25H,1H3. The quantitative estimate of drug-likeness (QED) is 0.560. The SMILES string of the molecule is Cc1c(-c2ccccc2)c(-c2ccccc2)nn1-c1ccccc1O. The summed E-state index contributed by atoms with van der Waals surface area (Å²) in [6.07, 6.45) is 0. The summed E-state index contributed by atoms with van der Waals surface area (Å²) < 4.78 is 1.82. The van der Waals surface area contributed by atoms with Crippen molar-refractivity contribution in [1.82, 2.24) is 9.78 Å². The van der Waals surface area contributed by atoms with Gasteiger partial charge >= 0.3 is 0 Å². The van der Waals surface area contributed by atoms with Gasteiger partial charge in [-0.15, -0.1) is 0 Å². The van der Waals surface area contributed by atoms with Gasteiger partial charge in [0.2, 0.25) is 0 Å². The topological polar surface area (TPSA) is 38.0 Å². The second-order valence-electron chi connectivity index (χ2n) is 5.94. The van der Waals surface area contributed by atoms with Crippen LogP contribution < -0.4 is 0 Å². The summed E-state index contributed by atoms with van der Waals surface area (Å²) >= 11 is 0. The third-order valence-electron chi connectivity index (χ3n) is 4.34. The summed E-state index contributed by atoms with van der Waals surface area (Å²) in [7, 11) is 0. The van der Waals surface area contributed by atoms with Crippen molar-refractivity contribution < 1.29 is 5.11 Å². The van der Waals surface area contributed by atoms with Gasteiger partial charge in [-0.3, -0.25) is 0 Å². The average Bonchev–Trinajstić information content (AvgIpc) is 3.01. The average molecular weight is 326 g/mol. The van der Waals surface area contributed by atoms with Gasteiger partial charge in [-0.25, -0.2) is 4.68 Å². The molecule has 4 aromatic rings. The van der Waals surface area contributed by atoms with Crippen LogP contribution in [-0.4, -0.2) is 14.9 Å². The maximum Gasteiger partial charge on any atom is 0.141 e. The highest BCUT2D eigenvalue weighted by atomic mass is 16.3. The minimum atomic E-state index is 0.215. The first-order valence-electron chi connectivity index (χ1n) is 8.24. The van der Waals surface area contributed by atoms with Crippen LogP contribution in [0.4, 0.5) is 0 Å². The van der Waals surface area contributed by atoms with Crippen LogP contribution in [0.2, 0.25) is 0 Å². The minimum Gasteiger partial charge on any atom is -0.506 e.